The summed E-state index contributed by atoms with van der Waals surface area (Å²) < 4.78 is 13.1. The van der Waals surface area contributed by atoms with E-state index in [4.69, 9.17) is 14.5 Å². The molecule has 0 spiro atoms. The predicted molar refractivity (Wildman–Crippen MR) is 114 cm³/mol. The standard InChI is InChI=1S/C23H27N3O3/c1-15(2)13-26-19-8-6-5-7-18(19)24-23(26)16-11-22(27)25(14-16)20-12-17(28-3)9-10-21(20)29-4/h5-10,12,15-16H,11,13-14H2,1-4H3/t16-/m1/s1. The zero-order valence-corrected chi connectivity index (χ0v) is 17.4. The molecule has 3 aromatic rings. The van der Waals surface area contributed by atoms with Crippen LogP contribution in [0.15, 0.2) is 42.5 Å². The van der Waals surface area contributed by atoms with E-state index < -0.39 is 0 Å². The highest BCUT2D eigenvalue weighted by molar-refractivity contribution is 5.98. The van der Waals surface area contributed by atoms with Crippen LogP contribution >= 0.6 is 0 Å². The van der Waals surface area contributed by atoms with Crippen LogP contribution in [0.3, 0.4) is 0 Å². The lowest BCUT2D eigenvalue weighted by atomic mass is 10.1. The van der Waals surface area contributed by atoms with E-state index in [9.17, 15) is 4.79 Å². The monoisotopic (exact) mass is 393 g/mol. The number of amides is 1. The number of fused-ring (bicyclic) bond motifs is 1. The van der Waals surface area contributed by atoms with E-state index in [-0.39, 0.29) is 11.8 Å². The number of methoxy groups -OCH3 is 2. The van der Waals surface area contributed by atoms with Gasteiger partial charge in [0, 0.05) is 31.5 Å². The van der Waals surface area contributed by atoms with Crippen LogP contribution < -0.4 is 14.4 Å². The van der Waals surface area contributed by atoms with Gasteiger partial charge in [-0.05, 0) is 30.2 Å². The summed E-state index contributed by atoms with van der Waals surface area (Å²) in [6, 6.07) is 13.7. The minimum Gasteiger partial charge on any atom is -0.497 e. The first-order valence-electron chi connectivity index (χ1n) is 9.99. The molecule has 0 saturated carbocycles. The van der Waals surface area contributed by atoms with Gasteiger partial charge in [-0.3, -0.25) is 4.79 Å². The highest BCUT2D eigenvalue weighted by Gasteiger charge is 2.36. The summed E-state index contributed by atoms with van der Waals surface area (Å²) in [5, 5.41) is 0. The van der Waals surface area contributed by atoms with Gasteiger partial charge in [0.05, 0.1) is 30.9 Å². The molecule has 1 fully saturated rings. The predicted octanol–water partition coefficient (Wildman–Crippen LogP) is 4.23. The second-order valence-electron chi connectivity index (χ2n) is 7.91. The number of nitrogens with zero attached hydrogens (tertiary/aromatic N) is 3. The minimum atomic E-state index is 0.0320. The number of rotatable bonds is 6. The average Bonchev–Trinajstić information content (AvgIpc) is 3.28. The van der Waals surface area contributed by atoms with Gasteiger partial charge in [0.15, 0.2) is 0 Å². The first-order valence-corrected chi connectivity index (χ1v) is 9.99. The SMILES string of the molecule is COc1ccc(OC)c(N2C[C@H](c3nc4ccccc4n3CC(C)C)CC2=O)c1. The van der Waals surface area contributed by atoms with Crippen molar-refractivity contribution < 1.29 is 14.3 Å². The molecule has 0 N–H and O–H groups in total. The summed E-state index contributed by atoms with van der Waals surface area (Å²) in [7, 11) is 3.24. The van der Waals surface area contributed by atoms with E-state index in [1.807, 2.05) is 36.4 Å². The van der Waals surface area contributed by atoms with E-state index in [0.29, 0.717) is 30.4 Å². The Bertz CT molecular complexity index is 1040. The van der Waals surface area contributed by atoms with Crippen molar-refractivity contribution in [3.8, 4) is 11.5 Å². The van der Waals surface area contributed by atoms with Crippen LogP contribution in [0.4, 0.5) is 5.69 Å². The molecule has 152 valence electrons. The molecule has 0 bridgehead atoms. The molecular weight excluding hydrogens is 366 g/mol. The first kappa shape index (κ1) is 19.3. The number of benzene rings is 2. The van der Waals surface area contributed by atoms with Crippen molar-refractivity contribution in [2.24, 2.45) is 5.92 Å². The fraction of sp³-hybridized carbons (Fsp3) is 0.391. The van der Waals surface area contributed by atoms with Gasteiger partial charge < -0.3 is 18.9 Å². The maximum Gasteiger partial charge on any atom is 0.227 e. The smallest absolute Gasteiger partial charge is 0.227 e. The molecule has 0 unspecified atom stereocenters. The normalized spacial score (nSPS) is 16.8. The molecule has 2 heterocycles. The van der Waals surface area contributed by atoms with Crippen LogP contribution in [0.5, 0.6) is 11.5 Å². The number of carbonyl (C=O) groups is 1. The van der Waals surface area contributed by atoms with Crippen LogP contribution in [0.2, 0.25) is 0 Å². The van der Waals surface area contributed by atoms with Crippen molar-refractivity contribution in [3.63, 3.8) is 0 Å². The third kappa shape index (κ3) is 3.55. The van der Waals surface area contributed by atoms with Gasteiger partial charge in [0.25, 0.3) is 0 Å². The van der Waals surface area contributed by atoms with E-state index >= 15 is 0 Å². The van der Waals surface area contributed by atoms with Gasteiger partial charge in [-0.15, -0.1) is 0 Å². The van der Waals surface area contributed by atoms with Crippen LogP contribution in [0.1, 0.15) is 32.0 Å². The number of imidazole rings is 1. The topological polar surface area (TPSA) is 56.6 Å². The number of anilines is 1. The Balaban J connectivity index is 1.72. The van der Waals surface area contributed by atoms with Gasteiger partial charge in [0.1, 0.15) is 17.3 Å². The van der Waals surface area contributed by atoms with Crippen LogP contribution in [-0.4, -0.2) is 36.2 Å². The Labute approximate surface area is 171 Å². The second-order valence-corrected chi connectivity index (χ2v) is 7.91. The summed E-state index contributed by atoms with van der Waals surface area (Å²) in [5.41, 5.74) is 2.85. The molecule has 6 nitrogen and oxygen atoms in total. The Hall–Kier alpha value is -3.02. The number of carbonyl (C=O) groups excluding carboxylic acids is 1. The number of ether oxygens (including phenoxy) is 2. The maximum atomic E-state index is 13.0. The quantitative estimate of drug-likeness (QED) is 0.629. The maximum absolute atomic E-state index is 13.0. The number of aromatic nitrogens is 2. The zero-order chi connectivity index (χ0) is 20.5. The Morgan fingerprint density at radius 3 is 2.66 bits per heavy atom. The fourth-order valence-electron chi connectivity index (χ4n) is 4.08. The second kappa shape index (κ2) is 7.78. The highest BCUT2D eigenvalue weighted by Crippen LogP contribution is 2.39. The van der Waals surface area contributed by atoms with Crippen LogP contribution in [0, 0.1) is 5.92 Å². The first-order chi connectivity index (χ1) is 14.0. The largest absolute Gasteiger partial charge is 0.497 e. The number of hydrogen-bond acceptors (Lipinski definition) is 4. The molecule has 29 heavy (non-hydrogen) atoms. The molecule has 1 aromatic heterocycles. The lowest BCUT2D eigenvalue weighted by molar-refractivity contribution is -0.117. The molecule has 1 atom stereocenters. The van der Waals surface area contributed by atoms with E-state index in [1.165, 1.54) is 0 Å². The third-order valence-electron chi connectivity index (χ3n) is 5.40. The van der Waals surface area contributed by atoms with Gasteiger partial charge in [0.2, 0.25) is 5.91 Å². The molecule has 1 aliphatic rings. The summed E-state index contributed by atoms with van der Waals surface area (Å²) in [4.78, 5) is 19.7. The van der Waals surface area contributed by atoms with E-state index in [0.717, 1.165) is 29.1 Å². The summed E-state index contributed by atoms with van der Waals surface area (Å²) in [6.07, 6.45) is 0.432. The van der Waals surface area contributed by atoms with Crippen LogP contribution in [-0.2, 0) is 11.3 Å². The molecule has 4 rings (SSSR count). The molecule has 6 heteroatoms. The van der Waals surface area contributed by atoms with E-state index in [1.54, 1.807) is 19.1 Å². The lowest BCUT2D eigenvalue weighted by Crippen LogP contribution is -2.25. The summed E-state index contributed by atoms with van der Waals surface area (Å²) in [6.45, 7) is 5.85. The molecular formula is C23H27N3O3. The molecule has 0 radical (unpaired) electrons. The van der Waals surface area contributed by atoms with Crippen molar-refractivity contribution in [1.82, 2.24) is 9.55 Å². The van der Waals surface area contributed by atoms with Crippen LogP contribution in [0.25, 0.3) is 11.0 Å². The van der Waals surface area contributed by atoms with Crippen molar-refractivity contribution >= 4 is 22.6 Å². The third-order valence-corrected chi connectivity index (χ3v) is 5.40. The Morgan fingerprint density at radius 2 is 1.93 bits per heavy atom. The zero-order valence-electron chi connectivity index (χ0n) is 17.4. The summed E-state index contributed by atoms with van der Waals surface area (Å²) in [5.74, 6) is 2.93. The highest BCUT2D eigenvalue weighted by atomic mass is 16.5. The van der Waals surface area contributed by atoms with Gasteiger partial charge in [-0.2, -0.15) is 0 Å². The van der Waals surface area contributed by atoms with Gasteiger partial charge in [-0.1, -0.05) is 26.0 Å². The Kier molecular flexibility index (Phi) is 5.18. The van der Waals surface area contributed by atoms with E-state index in [2.05, 4.69) is 24.5 Å². The minimum absolute atomic E-state index is 0.0320. The van der Waals surface area contributed by atoms with Crippen molar-refractivity contribution in [2.45, 2.75) is 32.7 Å². The van der Waals surface area contributed by atoms with Crippen molar-refractivity contribution in [1.29, 1.82) is 0 Å². The lowest BCUT2D eigenvalue weighted by Gasteiger charge is -2.21. The summed E-state index contributed by atoms with van der Waals surface area (Å²) >= 11 is 0. The molecule has 2 aromatic carbocycles. The fourth-order valence-corrected chi connectivity index (χ4v) is 4.08. The van der Waals surface area contributed by atoms with Gasteiger partial charge in [-0.25, -0.2) is 4.98 Å². The average molecular weight is 393 g/mol. The number of para-hydroxylation sites is 2. The number of hydrogen-bond donors (Lipinski definition) is 0. The Morgan fingerprint density at radius 1 is 1.14 bits per heavy atom. The van der Waals surface area contributed by atoms with Gasteiger partial charge >= 0.3 is 0 Å². The van der Waals surface area contributed by atoms with Crippen molar-refractivity contribution in [2.75, 3.05) is 25.7 Å². The van der Waals surface area contributed by atoms with Crippen molar-refractivity contribution in [3.05, 3.63) is 48.3 Å². The molecule has 1 amide bonds. The molecule has 1 aliphatic heterocycles. The molecule has 1 saturated heterocycles. The molecule has 0 aliphatic carbocycles.